The molecule has 140 valence electrons. The van der Waals surface area contributed by atoms with Gasteiger partial charge in [0.25, 0.3) is 0 Å². The van der Waals surface area contributed by atoms with Crippen molar-refractivity contribution in [1.29, 1.82) is 0 Å². The van der Waals surface area contributed by atoms with E-state index < -0.39 is 13.4 Å². The van der Waals surface area contributed by atoms with Gasteiger partial charge in [-0.25, -0.2) is 4.57 Å². The van der Waals surface area contributed by atoms with Crippen molar-refractivity contribution in [2.24, 2.45) is 5.92 Å². The van der Waals surface area contributed by atoms with E-state index in [1.165, 1.54) is 0 Å². The summed E-state index contributed by atoms with van der Waals surface area (Å²) in [5.74, 6) is 0.498. The molecule has 0 bridgehead atoms. The van der Waals surface area contributed by atoms with Crippen LogP contribution in [0.3, 0.4) is 0 Å². The van der Waals surface area contributed by atoms with Gasteiger partial charge in [0.15, 0.2) is 5.78 Å². The molecule has 4 nitrogen and oxygen atoms in total. The van der Waals surface area contributed by atoms with Gasteiger partial charge in [0.05, 0.1) is 0 Å². The maximum Gasteiger partial charge on any atom is 0.453 e. The number of anilines is 1. The molecule has 0 fully saturated rings. The van der Waals surface area contributed by atoms with Crippen LogP contribution in [0.2, 0.25) is 0 Å². The minimum Gasteiger partial charge on any atom is -0.415 e. The molecule has 0 heterocycles. The Morgan fingerprint density at radius 1 is 0.704 bits per heavy atom. The fourth-order valence-electron chi connectivity index (χ4n) is 2.70. The summed E-state index contributed by atoms with van der Waals surface area (Å²) in [6, 6.07) is 27.9. The summed E-state index contributed by atoms with van der Waals surface area (Å²) in [4.78, 5) is 0. The highest BCUT2D eigenvalue weighted by Gasteiger charge is 2.41. The smallest absolute Gasteiger partial charge is 0.415 e. The summed E-state index contributed by atoms with van der Waals surface area (Å²) >= 11 is 0. The van der Waals surface area contributed by atoms with Gasteiger partial charge in [0, 0.05) is 5.69 Å². The Hall–Kier alpha value is -2.71. The third-order valence-corrected chi connectivity index (χ3v) is 6.35. The van der Waals surface area contributed by atoms with E-state index >= 15 is 0 Å². The molecule has 0 aromatic heterocycles. The predicted molar refractivity (Wildman–Crippen MR) is 110 cm³/mol. The highest BCUT2D eigenvalue weighted by atomic mass is 31.2. The van der Waals surface area contributed by atoms with Crippen LogP contribution in [0.4, 0.5) is 5.69 Å². The van der Waals surface area contributed by atoms with Gasteiger partial charge in [-0.2, -0.15) is 0 Å². The molecule has 0 aliphatic carbocycles. The normalized spacial score (nSPS) is 12.4. The molecule has 0 saturated heterocycles. The summed E-state index contributed by atoms with van der Waals surface area (Å²) < 4.78 is 25.9. The summed E-state index contributed by atoms with van der Waals surface area (Å²) in [5, 5.41) is 3.35. The molecule has 0 saturated carbocycles. The first kappa shape index (κ1) is 19.1. The van der Waals surface area contributed by atoms with Crippen LogP contribution in [0.1, 0.15) is 13.8 Å². The highest BCUT2D eigenvalue weighted by Crippen LogP contribution is 2.55. The number of nitrogens with one attached hydrogen (secondary N) is 1. The van der Waals surface area contributed by atoms with Gasteiger partial charge >= 0.3 is 7.60 Å². The Morgan fingerprint density at radius 3 is 1.52 bits per heavy atom. The summed E-state index contributed by atoms with van der Waals surface area (Å²) in [6.07, 6.45) is 0. The van der Waals surface area contributed by atoms with Crippen LogP contribution >= 0.6 is 7.60 Å². The molecular weight excluding hydrogens is 357 g/mol. The predicted octanol–water partition coefficient (Wildman–Crippen LogP) is 6.43. The first-order chi connectivity index (χ1) is 13.1. The highest BCUT2D eigenvalue weighted by molar-refractivity contribution is 7.55. The molecule has 0 amide bonds. The lowest BCUT2D eigenvalue weighted by molar-refractivity contribution is 0.362. The van der Waals surface area contributed by atoms with E-state index in [1.807, 2.05) is 80.6 Å². The van der Waals surface area contributed by atoms with E-state index in [1.54, 1.807) is 24.3 Å². The number of benzene rings is 3. The van der Waals surface area contributed by atoms with Crippen molar-refractivity contribution < 1.29 is 13.6 Å². The van der Waals surface area contributed by atoms with E-state index in [-0.39, 0.29) is 5.92 Å². The topological polar surface area (TPSA) is 47.6 Å². The zero-order valence-corrected chi connectivity index (χ0v) is 16.4. The Morgan fingerprint density at radius 2 is 1.11 bits per heavy atom. The molecule has 0 radical (unpaired) electrons. The van der Waals surface area contributed by atoms with Crippen LogP contribution in [0.5, 0.6) is 11.5 Å². The van der Waals surface area contributed by atoms with Crippen LogP contribution in [0, 0.1) is 5.92 Å². The van der Waals surface area contributed by atoms with E-state index in [0.29, 0.717) is 11.5 Å². The van der Waals surface area contributed by atoms with Gasteiger partial charge in [-0.05, 0) is 42.3 Å². The van der Waals surface area contributed by atoms with Gasteiger partial charge < -0.3 is 14.4 Å². The second kappa shape index (κ2) is 8.79. The monoisotopic (exact) mass is 381 g/mol. The van der Waals surface area contributed by atoms with Gasteiger partial charge in [-0.15, -0.1) is 0 Å². The van der Waals surface area contributed by atoms with Crippen molar-refractivity contribution in [1.82, 2.24) is 0 Å². The second-order valence-corrected chi connectivity index (χ2v) is 8.55. The Labute approximate surface area is 160 Å². The van der Waals surface area contributed by atoms with Crippen LogP contribution in [0.15, 0.2) is 91.0 Å². The molecule has 0 spiro atoms. The zero-order chi connectivity index (χ0) is 19.1. The van der Waals surface area contributed by atoms with Crippen molar-refractivity contribution in [3.63, 3.8) is 0 Å². The molecule has 3 aromatic carbocycles. The fraction of sp³-hybridized carbons (Fsp3) is 0.182. The van der Waals surface area contributed by atoms with Crippen LogP contribution in [-0.2, 0) is 4.57 Å². The Kier molecular flexibility index (Phi) is 6.20. The number of rotatable bonds is 8. The largest absolute Gasteiger partial charge is 0.453 e. The minimum absolute atomic E-state index is 0.00321. The van der Waals surface area contributed by atoms with Crippen LogP contribution in [-0.4, -0.2) is 5.78 Å². The summed E-state index contributed by atoms with van der Waals surface area (Å²) in [6.45, 7) is 3.99. The SMILES string of the molecule is CC(C)C(Nc1ccccc1)P(=O)(Oc1ccccc1)Oc1ccccc1. The number of para-hydroxylation sites is 3. The van der Waals surface area contributed by atoms with E-state index in [2.05, 4.69) is 5.32 Å². The maximum absolute atomic E-state index is 14.0. The van der Waals surface area contributed by atoms with Crippen molar-refractivity contribution in [2.45, 2.75) is 19.6 Å². The quantitative estimate of drug-likeness (QED) is 0.457. The van der Waals surface area contributed by atoms with Crippen molar-refractivity contribution in [2.75, 3.05) is 5.32 Å². The first-order valence-corrected chi connectivity index (χ1v) is 10.6. The third-order valence-electron chi connectivity index (χ3n) is 4.01. The molecule has 0 aliphatic heterocycles. The molecule has 0 aliphatic rings. The third kappa shape index (κ3) is 5.15. The van der Waals surface area contributed by atoms with Crippen molar-refractivity contribution >= 4 is 13.3 Å². The maximum atomic E-state index is 14.0. The lowest BCUT2D eigenvalue weighted by atomic mass is 10.2. The summed E-state index contributed by atoms with van der Waals surface area (Å²) in [5.41, 5.74) is 0.866. The second-order valence-electron chi connectivity index (χ2n) is 6.55. The van der Waals surface area contributed by atoms with Crippen molar-refractivity contribution in [3.05, 3.63) is 91.0 Å². The number of hydrogen-bond acceptors (Lipinski definition) is 4. The van der Waals surface area contributed by atoms with Crippen LogP contribution in [0.25, 0.3) is 0 Å². The average Bonchev–Trinajstić information content (AvgIpc) is 2.68. The van der Waals surface area contributed by atoms with Crippen molar-refractivity contribution in [3.8, 4) is 11.5 Å². The molecule has 27 heavy (non-hydrogen) atoms. The standard InChI is InChI=1S/C22H24NO3P/c1-18(2)22(23-19-12-6-3-7-13-19)27(24,25-20-14-8-4-9-15-20)26-21-16-10-5-11-17-21/h3-18,22-23H,1-2H3. The lowest BCUT2D eigenvalue weighted by Gasteiger charge is -2.31. The minimum atomic E-state index is -3.61. The molecule has 1 N–H and O–H groups in total. The number of hydrogen-bond donors (Lipinski definition) is 1. The zero-order valence-electron chi connectivity index (χ0n) is 15.5. The first-order valence-electron chi connectivity index (χ1n) is 8.97. The Bertz CT molecular complexity index is 824. The van der Waals surface area contributed by atoms with E-state index in [0.717, 1.165) is 5.69 Å². The molecule has 1 atom stereocenters. The van der Waals surface area contributed by atoms with Gasteiger partial charge in [-0.1, -0.05) is 68.4 Å². The summed E-state index contributed by atoms with van der Waals surface area (Å²) in [7, 11) is -3.61. The van der Waals surface area contributed by atoms with Gasteiger partial charge in [0.1, 0.15) is 11.5 Å². The molecule has 1 unspecified atom stereocenters. The molecule has 5 heteroatoms. The molecule has 3 aromatic rings. The van der Waals surface area contributed by atoms with Gasteiger partial charge in [0.2, 0.25) is 0 Å². The lowest BCUT2D eigenvalue weighted by Crippen LogP contribution is -2.30. The fourth-order valence-corrected chi connectivity index (χ4v) is 4.84. The molecular formula is C22H24NO3P. The average molecular weight is 381 g/mol. The van der Waals surface area contributed by atoms with Gasteiger partial charge in [-0.3, -0.25) is 0 Å². The Balaban J connectivity index is 1.96. The van der Waals surface area contributed by atoms with Crippen LogP contribution < -0.4 is 14.4 Å². The van der Waals surface area contributed by atoms with E-state index in [9.17, 15) is 4.57 Å². The van der Waals surface area contributed by atoms with E-state index in [4.69, 9.17) is 9.05 Å². The molecule has 3 rings (SSSR count).